The van der Waals surface area contributed by atoms with E-state index in [9.17, 15) is 9.59 Å². The standard InChI is InChI=1S/C20H22N4O3S/c1-23(12-17(25)24-7-9-27-10-8-24)11-16-21-19(26)18-15(13-28-20(18)22-16)14-5-3-2-4-6-14/h2-6,13H,7-12H2,1H3,(H,21,22,26)/p+1. The zero-order valence-corrected chi connectivity index (χ0v) is 16.6. The Kier molecular flexibility index (Phi) is 5.52. The van der Waals surface area contributed by atoms with Gasteiger partial charge in [-0.05, 0) is 5.56 Å². The minimum Gasteiger partial charge on any atom is -0.378 e. The number of carbonyl (C=O) groups is 1. The molecule has 146 valence electrons. The summed E-state index contributed by atoms with van der Waals surface area (Å²) < 4.78 is 5.29. The van der Waals surface area contributed by atoms with Gasteiger partial charge in [0.25, 0.3) is 11.5 Å². The van der Waals surface area contributed by atoms with Crippen LogP contribution in [-0.4, -0.2) is 60.7 Å². The Bertz CT molecular complexity index is 1020. The van der Waals surface area contributed by atoms with E-state index in [1.54, 1.807) is 0 Å². The SMILES string of the molecule is C[NH+](CC(=O)N1CCOCC1)Cc1nc2scc(-c3ccccc3)c2c(=O)[nH]1. The van der Waals surface area contributed by atoms with Crippen LogP contribution < -0.4 is 10.5 Å². The van der Waals surface area contributed by atoms with Crippen LogP contribution in [0, 0.1) is 0 Å². The molecule has 1 saturated heterocycles. The first-order valence-corrected chi connectivity index (χ1v) is 10.2. The molecule has 4 rings (SSSR count). The van der Waals surface area contributed by atoms with E-state index in [1.165, 1.54) is 11.3 Å². The van der Waals surface area contributed by atoms with Gasteiger partial charge in [0.2, 0.25) is 0 Å². The normalized spacial score (nSPS) is 15.7. The molecule has 2 aromatic heterocycles. The van der Waals surface area contributed by atoms with Crippen LogP contribution in [0.4, 0.5) is 0 Å². The zero-order chi connectivity index (χ0) is 19.5. The number of thiophene rings is 1. The van der Waals surface area contributed by atoms with Gasteiger partial charge in [0.05, 0.1) is 25.6 Å². The number of amides is 1. The van der Waals surface area contributed by atoms with Crippen molar-refractivity contribution in [2.45, 2.75) is 6.54 Å². The molecule has 0 spiro atoms. The molecule has 3 aromatic rings. The van der Waals surface area contributed by atoms with Gasteiger partial charge in [-0.1, -0.05) is 30.3 Å². The Morgan fingerprint density at radius 3 is 2.79 bits per heavy atom. The van der Waals surface area contributed by atoms with Crippen LogP contribution in [0.25, 0.3) is 21.3 Å². The van der Waals surface area contributed by atoms with E-state index < -0.39 is 0 Å². The van der Waals surface area contributed by atoms with Crippen LogP contribution in [0.3, 0.4) is 0 Å². The van der Waals surface area contributed by atoms with E-state index in [-0.39, 0.29) is 11.5 Å². The smallest absolute Gasteiger partial charge is 0.277 e. The number of likely N-dealkylation sites (N-methyl/N-ethyl adjacent to an activating group) is 1. The highest BCUT2D eigenvalue weighted by atomic mass is 32.1. The number of ether oxygens (including phenoxy) is 1. The number of aromatic nitrogens is 2. The molecule has 0 aliphatic carbocycles. The number of nitrogens with zero attached hydrogens (tertiary/aromatic N) is 2. The quantitative estimate of drug-likeness (QED) is 0.656. The van der Waals surface area contributed by atoms with E-state index in [2.05, 4.69) is 9.97 Å². The number of benzene rings is 1. The summed E-state index contributed by atoms with van der Waals surface area (Å²) >= 11 is 1.47. The predicted octanol–water partition coefficient (Wildman–Crippen LogP) is 0.525. The van der Waals surface area contributed by atoms with Crippen LogP contribution in [-0.2, 0) is 16.1 Å². The van der Waals surface area contributed by atoms with Crippen LogP contribution in [0.5, 0.6) is 0 Å². The van der Waals surface area contributed by atoms with Crippen molar-refractivity contribution in [3.8, 4) is 11.1 Å². The Morgan fingerprint density at radius 1 is 1.29 bits per heavy atom. The van der Waals surface area contributed by atoms with Crippen molar-refractivity contribution in [3.63, 3.8) is 0 Å². The highest BCUT2D eigenvalue weighted by Crippen LogP contribution is 2.30. The molecule has 3 heterocycles. The third-order valence-electron chi connectivity index (χ3n) is 4.86. The third-order valence-corrected chi connectivity index (χ3v) is 5.74. The summed E-state index contributed by atoms with van der Waals surface area (Å²) in [5.74, 6) is 0.706. The number of nitrogens with one attached hydrogen (secondary N) is 2. The molecule has 8 heteroatoms. The van der Waals surface area contributed by atoms with Crippen LogP contribution in [0.1, 0.15) is 5.82 Å². The fourth-order valence-corrected chi connectivity index (χ4v) is 4.41. The summed E-state index contributed by atoms with van der Waals surface area (Å²) in [5.41, 5.74) is 1.78. The third kappa shape index (κ3) is 3.99. The second-order valence-electron chi connectivity index (χ2n) is 7.01. The van der Waals surface area contributed by atoms with Crippen molar-refractivity contribution >= 4 is 27.5 Å². The lowest BCUT2D eigenvalue weighted by atomic mass is 10.1. The first-order chi connectivity index (χ1) is 13.6. The molecule has 2 N–H and O–H groups in total. The fourth-order valence-electron chi connectivity index (χ4n) is 3.44. The Morgan fingerprint density at radius 2 is 2.04 bits per heavy atom. The molecule has 1 aromatic carbocycles. The van der Waals surface area contributed by atoms with Crippen LogP contribution in [0.15, 0.2) is 40.5 Å². The summed E-state index contributed by atoms with van der Waals surface area (Å²) in [4.78, 5) is 36.2. The van der Waals surface area contributed by atoms with Gasteiger partial charge in [-0.3, -0.25) is 9.59 Å². The monoisotopic (exact) mass is 399 g/mol. The summed E-state index contributed by atoms with van der Waals surface area (Å²) in [5, 5.41) is 2.60. The van der Waals surface area contributed by atoms with Gasteiger partial charge in [-0.15, -0.1) is 11.3 Å². The van der Waals surface area contributed by atoms with E-state index in [1.807, 2.05) is 47.7 Å². The average Bonchev–Trinajstić information content (AvgIpc) is 3.14. The maximum atomic E-state index is 12.7. The minimum absolute atomic E-state index is 0.103. The molecule has 1 amide bonds. The van der Waals surface area contributed by atoms with Crippen molar-refractivity contribution in [2.75, 3.05) is 39.9 Å². The minimum atomic E-state index is -0.132. The van der Waals surface area contributed by atoms with Gasteiger partial charge in [-0.25, -0.2) is 4.98 Å². The summed E-state index contributed by atoms with van der Waals surface area (Å²) in [6.45, 7) is 3.33. The summed E-state index contributed by atoms with van der Waals surface area (Å²) in [6.07, 6.45) is 0. The molecule has 1 aliphatic heterocycles. The number of quaternary nitrogens is 1. The zero-order valence-electron chi connectivity index (χ0n) is 15.7. The fraction of sp³-hybridized carbons (Fsp3) is 0.350. The first kappa shape index (κ1) is 18.8. The molecule has 1 atom stereocenters. The molecular weight excluding hydrogens is 376 g/mol. The molecule has 1 aliphatic rings. The number of hydrogen-bond acceptors (Lipinski definition) is 5. The molecular formula is C20H23N4O3S+. The van der Waals surface area contributed by atoms with E-state index in [4.69, 9.17) is 4.74 Å². The highest BCUT2D eigenvalue weighted by Gasteiger charge is 2.21. The number of hydrogen-bond donors (Lipinski definition) is 2. The van der Waals surface area contributed by atoms with Crippen LogP contribution >= 0.6 is 11.3 Å². The molecule has 28 heavy (non-hydrogen) atoms. The van der Waals surface area contributed by atoms with E-state index in [0.29, 0.717) is 50.6 Å². The number of rotatable bonds is 5. The molecule has 1 unspecified atom stereocenters. The van der Waals surface area contributed by atoms with Gasteiger partial charge in [0.1, 0.15) is 11.4 Å². The average molecular weight is 399 g/mol. The molecule has 0 radical (unpaired) electrons. The van der Waals surface area contributed by atoms with Crippen molar-refractivity contribution in [1.82, 2.24) is 14.9 Å². The Hall–Kier alpha value is -2.55. The lowest BCUT2D eigenvalue weighted by Gasteiger charge is -2.27. The van der Waals surface area contributed by atoms with Crippen molar-refractivity contribution in [3.05, 3.63) is 51.9 Å². The second kappa shape index (κ2) is 8.22. The largest absolute Gasteiger partial charge is 0.378 e. The van der Waals surface area contributed by atoms with Gasteiger partial charge in [0, 0.05) is 24.0 Å². The van der Waals surface area contributed by atoms with Gasteiger partial charge in [0.15, 0.2) is 12.4 Å². The highest BCUT2D eigenvalue weighted by molar-refractivity contribution is 7.17. The number of morpholine rings is 1. The van der Waals surface area contributed by atoms with E-state index >= 15 is 0 Å². The summed E-state index contributed by atoms with van der Waals surface area (Å²) in [6, 6.07) is 9.85. The van der Waals surface area contributed by atoms with E-state index in [0.717, 1.165) is 20.9 Å². The van der Waals surface area contributed by atoms with Crippen LogP contribution in [0.2, 0.25) is 0 Å². The maximum absolute atomic E-state index is 12.7. The van der Waals surface area contributed by atoms with Gasteiger partial charge < -0.3 is 19.5 Å². The molecule has 1 fully saturated rings. The number of aromatic amines is 1. The van der Waals surface area contributed by atoms with Gasteiger partial charge in [-0.2, -0.15) is 0 Å². The number of fused-ring (bicyclic) bond motifs is 1. The Labute approximate surface area is 166 Å². The lowest BCUT2D eigenvalue weighted by molar-refractivity contribution is -0.886. The topological polar surface area (TPSA) is 79.7 Å². The first-order valence-electron chi connectivity index (χ1n) is 9.34. The molecule has 0 bridgehead atoms. The Balaban J connectivity index is 1.50. The van der Waals surface area contributed by atoms with Crippen molar-refractivity contribution < 1.29 is 14.4 Å². The lowest BCUT2D eigenvalue weighted by Crippen LogP contribution is -3.09. The molecule has 0 saturated carbocycles. The van der Waals surface area contributed by atoms with Crippen molar-refractivity contribution in [1.29, 1.82) is 0 Å². The number of carbonyl (C=O) groups excluding carboxylic acids is 1. The number of H-pyrrole nitrogens is 1. The van der Waals surface area contributed by atoms with Crippen molar-refractivity contribution in [2.24, 2.45) is 0 Å². The van der Waals surface area contributed by atoms with Gasteiger partial charge >= 0.3 is 0 Å². The maximum Gasteiger partial charge on any atom is 0.277 e. The summed E-state index contributed by atoms with van der Waals surface area (Å²) in [7, 11) is 1.94. The predicted molar refractivity (Wildman–Crippen MR) is 109 cm³/mol. The molecule has 7 nitrogen and oxygen atoms in total. The second-order valence-corrected chi connectivity index (χ2v) is 7.87.